The van der Waals surface area contributed by atoms with E-state index in [0.29, 0.717) is 24.5 Å². The number of rotatable bonds is 6. The zero-order valence-corrected chi connectivity index (χ0v) is 13.8. The Kier molecular flexibility index (Phi) is 4.70. The van der Waals surface area contributed by atoms with Crippen LogP contribution in [0.4, 0.5) is 0 Å². The fraction of sp³-hybridized carbons (Fsp3) is 0.211. The molecule has 0 saturated carbocycles. The van der Waals surface area contributed by atoms with Crippen LogP contribution < -0.4 is 9.47 Å². The van der Waals surface area contributed by atoms with Crippen molar-refractivity contribution >= 4 is 0 Å². The molecule has 124 valence electrons. The molecule has 0 aliphatic heterocycles. The van der Waals surface area contributed by atoms with Crippen molar-refractivity contribution in [3.63, 3.8) is 0 Å². The van der Waals surface area contributed by atoms with Gasteiger partial charge >= 0.3 is 0 Å². The molecule has 0 aliphatic rings. The predicted molar refractivity (Wildman–Crippen MR) is 91.8 cm³/mol. The topological polar surface area (TPSA) is 56.5 Å². The fourth-order valence-corrected chi connectivity index (χ4v) is 2.62. The standard InChI is InChI=1S/C19H20N2O3/c1-23-17-8-5-15(11-18(17)24-2)12-19-20-9-10-21(19)13-14-3-6-16(22)7-4-14/h3-11,22H,12-13H2,1-2H3. The number of phenolic OH excluding ortho intramolecular Hbond substituents is 1. The summed E-state index contributed by atoms with van der Waals surface area (Å²) < 4.78 is 12.7. The lowest BCUT2D eigenvalue weighted by Crippen LogP contribution is -2.05. The lowest BCUT2D eigenvalue weighted by molar-refractivity contribution is 0.354. The minimum Gasteiger partial charge on any atom is -0.508 e. The van der Waals surface area contributed by atoms with Crippen LogP contribution in [-0.2, 0) is 13.0 Å². The summed E-state index contributed by atoms with van der Waals surface area (Å²) in [4.78, 5) is 4.46. The maximum atomic E-state index is 9.38. The number of methoxy groups -OCH3 is 2. The second kappa shape index (κ2) is 7.08. The molecule has 0 aliphatic carbocycles. The summed E-state index contributed by atoms with van der Waals surface area (Å²) in [6.07, 6.45) is 4.46. The smallest absolute Gasteiger partial charge is 0.161 e. The molecule has 1 N–H and O–H groups in total. The Bertz CT molecular complexity index is 810. The number of phenols is 1. The zero-order chi connectivity index (χ0) is 16.9. The van der Waals surface area contributed by atoms with Gasteiger partial charge in [-0.1, -0.05) is 18.2 Å². The molecule has 3 rings (SSSR count). The summed E-state index contributed by atoms with van der Waals surface area (Å²) >= 11 is 0. The SMILES string of the molecule is COc1ccc(Cc2nccn2Cc2ccc(O)cc2)cc1OC. The van der Waals surface area contributed by atoms with E-state index in [2.05, 4.69) is 9.55 Å². The third-order valence-corrected chi connectivity index (χ3v) is 3.90. The van der Waals surface area contributed by atoms with Gasteiger partial charge in [-0.3, -0.25) is 0 Å². The molecular weight excluding hydrogens is 304 g/mol. The van der Waals surface area contributed by atoms with E-state index in [0.717, 1.165) is 17.0 Å². The number of imidazole rings is 1. The Labute approximate surface area is 141 Å². The van der Waals surface area contributed by atoms with E-state index in [1.54, 1.807) is 32.5 Å². The van der Waals surface area contributed by atoms with Gasteiger partial charge in [-0.05, 0) is 35.4 Å². The molecule has 2 aromatic carbocycles. The number of benzene rings is 2. The number of hydrogen-bond donors (Lipinski definition) is 1. The second-order valence-corrected chi connectivity index (χ2v) is 5.50. The van der Waals surface area contributed by atoms with Crippen LogP contribution in [-0.4, -0.2) is 28.9 Å². The highest BCUT2D eigenvalue weighted by Gasteiger charge is 2.09. The van der Waals surface area contributed by atoms with Gasteiger partial charge in [0.1, 0.15) is 11.6 Å². The first-order valence-electron chi connectivity index (χ1n) is 7.68. The highest BCUT2D eigenvalue weighted by molar-refractivity contribution is 5.43. The molecule has 0 saturated heterocycles. The normalized spacial score (nSPS) is 10.6. The third-order valence-electron chi connectivity index (χ3n) is 3.90. The lowest BCUT2D eigenvalue weighted by atomic mass is 10.1. The number of nitrogens with zero attached hydrogens (tertiary/aromatic N) is 2. The maximum absolute atomic E-state index is 9.38. The molecule has 5 nitrogen and oxygen atoms in total. The Morgan fingerprint density at radius 1 is 0.958 bits per heavy atom. The first-order valence-corrected chi connectivity index (χ1v) is 7.68. The highest BCUT2D eigenvalue weighted by Crippen LogP contribution is 2.28. The average Bonchev–Trinajstić information content (AvgIpc) is 3.03. The molecule has 0 radical (unpaired) electrons. The maximum Gasteiger partial charge on any atom is 0.161 e. The molecule has 24 heavy (non-hydrogen) atoms. The summed E-state index contributed by atoms with van der Waals surface area (Å²) in [6.45, 7) is 0.711. The van der Waals surface area contributed by atoms with Crippen molar-refractivity contribution in [3.05, 3.63) is 71.8 Å². The molecular formula is C19H20N2O3. The van der Waals surface area contributed by atoms with Gasteiger partial charge in [0.2, 0.25) is 0 Å². The van der Waals surface area contributed by atoms with Gasteiger partial charge in [0, 0.05) is 25.4 Å². The molecule has 5 heteroatoms. The van der Waals surface area contributed by atoms with Crippen LogP contribution in [0.2, 0.25) is 0 Å². The molecule has 0 unspecified atom stereocenters. The van der Waals surface area contributed by atoms with Gasteiger partial charge in [0.15, 0.2) is 11.5 Å². The van der Waals surface area contributed by atoms with Crippen LogP contribution in [0.5, 0.6) is 17.2 Å². The van der Waals surface area contributed by atoms with Crippen LogP contribution in [0.15, 0.2) is 54.9 Å². The number of ether oxygens (including phenoxy) is 2. The van der Waals surface area contributed by atoms with Crippen molar-refractivity contribution in [1.82, 2.24) is 9.55 Å². The van der Waals surface area contributed by atoms with Crippen molar-refractivity contribution in [1.29, 1.82) is 0 Å². The molecule has 0 amide bonds. The fourth-order valence-electron chi connectivity index (χ4n) is 2.62. The van der Waals surface area contributed by atoms with E-state index in [9.17, 15) is 5.11 Å². The summed E-state index contributed by atoms with van der Waals surface area (Å²) in [5, 5.41) is 9.38. The van der Waals surface area contributed by atoms with Crippen LogP contribution >= 0.6 is 0 Å². The van der Waals surface area contributed by atoms with E-state index >= 15 is 0 Å². The number of aromatic nitrogens is 2. The molecule has 0 atom stereocenters. The Morgan fingerprint density at radius 2 is 1.67 bits per heavy atom. The van der Waals surface area contributed by atoms with Crippen LogP contribution in [0, 0.1) is 0 Å². The van der Waals surface area contributed by atoms with Gasteiger partial charge in [-0.2, -0.15) is 0 Å². The van der Waals surface area contributed by atoms with Gasteiger partial charge in [0.25, 0.3) is 0 Å². The summed E-state index contributed by atoms with van der Waals surface area (Å²) in [5.74, 6) is 2.67. The lowest BCUT2D eigenvalue weighted by Gasteiger charge is -2.11. The van der Waals surface area contributed by atoms with Gasteiger partial charge in [-0.15, -0.1) is 0 Å². The monoisotopic (exact) mass is 324 g/mol. The summed E-state index contributed by atoms with van der Waals surface area (Å²) in [5.41, 5.74) is 2.21. The Hall–Kier alpha value is -2.95. The van der Waals surface area contributed by atoms with Gasteiger partial charge in [-0.25, -0.2) is 4.98 Å². The van der Waals surface area contributed by atoms with E-state index in [1.165, 1.54) is 0 Å². The largest absolute Gasteiger partial charge is 0.508 e. The second-order valence-electron chi connectivity index (χ2n) is 5.50. The summed E-state index contributed by atoms with van der Waals surface area (Å²) in [7, 11) is 3.26. The van der Waals surface area contributed by atoms with Crippen LogP contribution in [0.1, 0.15) is 17.0 Å². The van der Waals surface area contributed by atoms with Crippen molar-refractivity contribution in [2.45, 2.75) is 13.0 Å². The zero-order valence-electron chi connectivity index (χ0n) is 13.8. The molecule has 1 aromatic heterocycles. The van der Waals surface area contributed by atoms with Crippen LogP contribution in [0.3, 0.4) is 0 Å². The first kappa shape index (κ1) is 15.9. The van der Waals surface area contributed by atoms with Crippen molar-refractivity contribution in [3.8, 4) is 17.2 Å². The Balaban J connectivity index is 1.79. The quantitative estimate of drug-likeness (QED) is 0.756. The summed E-state index contributed by atoms with van der Waals surface area (Å²) in [6, 6.07) is 13.1. The van der Waals surface area contributed by atoms with E-state index in [1.807, 2.05) is 36.5 Å². The average molecular weight is 324 g/mol. The predicted octanol–water partition coefficient (Wildman–Crippen LogP) is 3.25. The number of aromatic hydroxyl groups is 1. The van der Waals surface area contributed by atoms with E-state index in [4.69, 9.17) is 9.47 Å². The molecule has 0 fully saturated rings. The first-order chi connectivity index (χ1) is 11.7. The van der Waals surface area contributed by atoms with Crippen molar-refractivity contribution in [2.24, 2.45) is 0 Å². The van der Waals surface area contributed by atoms with Gasteiger partial charge < -0.3 is 19.1 Å². The minimum absolute atomic E-state index is 0.273. The minimum atomic E-state index is 0.273. The van der Waals surface area contributed by atoms with E-state index < -0.39 is 0 Å². The van der Waals surface area contributed by atoms with Gasteiger partial charge in [0.05, 0.1) is 14.2 Å². The third kappa shape index (κ3) is 3.51. The highest BCUT2D eigenvalue weighted by atomic mass is 16.5. The molecule has 0 bridgehead atoms. The van der Waals surface area contributed by atoms with E-state index in [-0.39, 0.29) is 5.75 Å². The molecule has 0 spiro atoms. The van der Waals surface area contributed by atoms with Crippen LogP contribution in [0.25, 0.3) is 0 Å². The Morgan fingerprint density at radius 3 is 2.38 bits per heavy atom. The molecule has 3 aromatic rings. The number of hydrogen-bond acceptors (Lipinski definition) is 4. The van der Waals surface area contributed by atoms with Crippen molar-refractivity contribution in [2.75, 3.05) is 14.2 Å². The van der Waals surface area contributed by atoms with Crippen molar-refractivity contribution < 1.29 is 14.6 Å². The molecule has 1 heterocycles.